The third-order valence-corrected chi connectivity index (χ3v) is 7.40. The Bertz CT molecular complexity index is 837. The number of amides is 1. The van der Waals surface area contributed by atoms with E-state index in [1.807, 2.05) is 0 Å². The van der Waals surface area contributed by atoms with Crippen LogP contribution in [-0.4, -0.2) is 46.0 Å². The van der Waals surface area contributed by atoms with Gasteiger partial charge in [-0.1, -0.05) is 63.4 Å². The van der Waals surface area contributed by atoms with Crippen LogP contribution in [0.25, 0.3) is 0 Å². The summed E-state index contributed by atoms with van der Waals surface area (Å²) in [4.78, 5) is 18.1. The number of nitrogens with zero attached hydrogens (tertiary/aromatic N) is 3. The summed E-state index contributed by atoms with van der Waals surface area (Å²) in [5.74, 6) is 1.37. The summed E-state index contributed by atoms with van der Waals surface area (Å²) in [7, 11) is 2.13. The van der Waals surface area contributed by atoms with Crippen LogP contribution in [-0.2, 0) is 18.4 Å². The molecule has 2 heterocycles. The summed E-state index contributed by atoms with van der Waals surface area (Å²) in [6.07, 6.45) is 8.32. The molecule has 2 fully saturated rings. The first kappa shape index (κ1) is 22.1. The Kier molecular flexibility index (Phi) is 7.16. The van der Waals surface area contributed by atoms with Crippen LogP contribution in [0.3, 0.4) is 0 Å². The Morgan fingerprint density at radius 1 is 1.03 bits per heavy atom. The van der Waals surface area contributed by atoms with E-state index in [-0.39, 0.29) is 5.92 Å². The van der Waals surface area contributed by atoms with Crippen LogP contribution in [0.2, 0.25) is 0 Å². The minimum Gasteiger partial charge on any atom is -0.353 e. The van der Waals surface area contributed by atoms with Gasteiger partial charge in [0, 0.05) is 63.0 Å². The maximum atomic E-state index is 13.3. The predicted octanol–water partition coefficient (Wildman–Crippen LogP) is 5.06. The molecule has 0 spiro atoms. The van der Waals surface area contributed by atoms with E-state index >= 15 is 0 Å². The van der Waals surface area contributed by atoms with Crippen LogP contribution in [0.5, 0.6) is 0 Å². The quantitative estimate of drug-likeness (QED) is 0.625. The molecule has 0 bridgehead atoms. The number of carbonyl (C=O) groups is 1. The molecule has 0 radical (unpaired) electrons. The molecular formula is C27H39N3O. The van der Waals surface area contributed by atoms with Crippen molar-refractivity contribution in [2.45, 2.75) is 64.5 Å². The van der Waals surface area contributed by atoms with E-state index in [4.69, 9.17) is 0 Å². The number of carbonyl (C=O) groups excluding carboxylic acids is 1. The molecule has 1 aromatic heterocycles. The van der Waals surface area contributed by atoms with Crippen LogP contribution >= 0.6 is 0 Å². The number of benzene rings is 1. The molecule has 4 rings (SSSR count). The molecule has 4 nitrogen and oxygen atoms in total. The zero-order valence-corrected chi connectivity index (χ0v) is 19.5. The van der Waals surface area contributed by atoms with E-state index < -0.39 is 0 Å². The van der Waals surface area contributed by atoms with Crippen molar-refractivity contribution in [3.8, 4) is 0 Å². The first-order valence-corrected chi connectivity index (χ1v) is 12.2. The van der Waals surface area contributed by atoms with E-state index in [9.17, 15) is 4.79 Å². The normalized spacial score (nSPS) is 22.8. The minimum absolute atomic E-state index is 0.0676. The monoisotopic (exact) mass is 421 g/mol. The number of hydrogen-bond donors (Lipinski definition) is 0. The number of rotatable bonds is 7. The average molecular weight is 422 g/mol. The third-order valence-electron chi connectivity index (χ3n) is 7.40. The molecule has 1 amide bonds. The summed E-state index contributed by atoms with van der Waals surface area (Å²) in [5, 5.41) is 0. The highest BCUT2D eigenvalue weighted by atomic mass is 16.2. The number of aromatic nitrogens is 1. The Morgan fingerprint density at radius 2 is 1.77 bits per heavy atom. The Morgan fingerprint density at radius 3 is 2.42 bits per heavy atom. The number of likely N-dealkylation sites (tertiary alicyclic amines) is 1. The van der Waals surface area contributed by atoms with Crippen molar-refractivity contribution in [3.63, 3.8) is 0 Å². The second-order valence-electron chi connectivity index (χ2n) is 10.0. The molecule has 0 unspecified atom stereocenters. The highest BCUT2D eigenvalue weighted by Gasteiger charge is 2.38. The highest BCUT2D eigenvalue weighted by molar-refractivity contribution is 5.78. The predicted molar refractivity (Wildman–Crippen MR) is 127 cm³/mol. The van der Waals surface area contributed by atoms with Gasteiger partial charge in [-0.05, 0) is 36.5 Å². The van der Waals surface area contributed by atoms with Crippen LogP contribution in [0.15, 0.2) is 48.7 Å². The molecule has 1 aromatic carbocycles. The van der Waals surface area contributed by atoms with Gasteiger partial charge in [-0.2, -0.15) is 0 Å². The molecular weight excluding hydrogens is 382 g/mol. The zero-order valence-electron chi connectivity index (χ0n) is 19.5. The lowest BCUT2D eigenvalue weighted by Gasteiger charge is -2.38. The van der Waals surface area contributed by atoms with Crippen LogP contribution < -0.4 is 0 Å². The van der Waals surface area contributed by atoms with Crippen molar-refractivity contribution >= 4 is 5.91 Å². The summed E-state index contributed by atoms with van der Waals surface area (Å²) < 4.78 is 2.22. The molecule has 1 aliphatic carbocycles. The van der Waals surface area contributed by atoms with Crippen molar-refractivity contribution in [3.05, 3.63) is 59.9 Å². The van der Waals surface area contributed by atoms with Gasteiger partial charge in [0.1, 0.15) is 0 Å². The van der Waals surface area contributed by atoms with Gasteiger partial charge >= 0.3 is 0 Å². The van der Waals surface area contributed by atoms with Crippen molar-refractivity contribution < 1.29 is 4.79 Å². The van der Waals surface area contributed by atoms with E-state index in [2.05, 4.69) is 83.9 Å². The first-order chi connectivity index (χ1) is 15.0. The maximum absolute atomic E-state index is 13.3. The maximum Gasteiger partial charge on any atom is 0.225 e. The smallest absolute Gasteiger partial charge is 0.225 e. The lowest BCUT2D eigenvalue weighted by atomic mass is 9.86. The number of hydrogen-bond acceptors (Lipinski definition) is 2. The van der Waals surface area contributed by atoms with Gasteiger partial charge in [-0.15, -0.1) is 0 Å². The van der Waals surface area contributed by atoms with E-state index in [0.717, 1.165) is 26.2 Å². The minimum atomic E-state index is 0.0676. The molecule has 2 atom stereocenters. The standard InChI is InChI=1S/C27H39N3O/c1-21(2)27(31)30(24-13-8-5-9-14-24)18-23-17-29(19-25-15-10-16-28(25)3)20-26(23)22-11-6-4-7-12-22/h4,6-7,10-12,15-16,21,23-24,26H,5,8-9,13-14,17-20H2,1-3H3/t23-,26+/m0/s1. The SMILES string of the molecule is CC(C)C(=O)N(C[C@@H]1CN(Cc2cccn2C)C[C@@H]1c1ccccc1)C1CCCCC1. The lowest BCUT2D eigenvalue weighted by molar-refractivity contribution is -0.138. The molecule has 2 aromatic rings. The van der Waals surface area contributed by atoms with Crippen molar-refractivity contribution in [2.24, 2.45) is 18.9 Å². The van der Waals surface area contributed by atoms with Crippen molar-refractivity contribution in [1.29, 1.82) is 0 Å². The van der Waals surface area contributed by atoms with E-state index in [1.54, 1.807) is 0 Å². The lowest BCUT2D eigenvalue weighted by Crippen LogP contribution is -2.47. The zero-order chi connectivity index (χ0) is 21.8. The molecule has 1 aliphatic heterocycles. The van der Waals surface area contributed by atoms with Crippen LogP contribution in [0.1, 0.15) is 63.1 Å². The Balaban J connectivity index is 1.55. The van der Waals surface area contributed by atoms with E-state index in [1.165, 1.54) is 43.4 Å². The second kappa shape index (κ2) is 10.0. The van der Waals surface area contributed by atoms with E-state index in [0.29, 0.717) is 23.8 Å². The summed E-state index contributed by atoms with van der Waals surface area (Å²) >= 11 is 0. The van der Waals surface area contributed by atoms with Gasteiger partial charge in [0.25, 0.3) is 0 Å². The van der Waals surface area contributed by atoms with Gasteiger partial charge in [0.2, 0.25) is 5.91 Å². The van der Waals surface area contributed by atoms with Gasteiger partial charge in [-0.25, -0.2) is 0 Å². The summed E-state index contributed by atoms with van der Waals surface area (Å²) in [6.45, 7) is 8.11. The highest BCUT2D eigenvalue weighted by Crippen LogP contribution is 2.36. The van der Waals surface area contributed by atoms with Gasteiger partial charge in [0.05, 0.1) is 0 Å². The van der Waals surface area contributed by atoms with Gasteiger partial charge in [0.15, 0.2) is 0 Å². The fourth-order valence-electron chi connectivity index (χ4n) is 5.64. The summed E-state index contributed by atoms with van der Waals surface area (Å²) in [5.41, 5.74) is 2.78. The second-order valence-corrected chi connectivity index (χ2v) is 10.0. The fraction of sp³-hybridized carbons (Fsp3) is 0.593. The summed E-state index contributed by atoms with van der Waals surface area (Å²) in [6, 6.07) is 15.8. The Hall–Kier alpha value is -2.07. The molecule has 4 heteroatoms. The first-order valence-electron chi connectivity index (χ1n) is 12.2. The topological polar surface area (TPSA) is 28.5 Å². The third kappa shape index (κ3) is 5.23. The molecule has 2 aliphatic rings. The average Bonchev–Trinajstić information content (AvgIpc) is 3.38. The van der Waals surface area contributed by atoms with Crippen molar-refractivity contribution in [1.82, 2.24) is 14.4 Å². The molecule has 31 heavy (non-hydrogen) atoms. The fourth-order valence-corrected chi connectivity index (χ4v) is 5.64. The largest absolute Gasteiger partial charge is 0.353 e. The van der Waals surface area contributed by atoms with Crippen LogP contribution in [0, 0.1) is 11.8 Å². The Labute approximate surface area is 188 Å². The number of aryl methyl sites for hydroxylation is 1. The van der Waals surface area contributed by atoms with Crippen molar-refractivity contribution in [2.75, 3.05) is 19.6 Å². The van der Waals surface area contributed by atoms with Gasteiger partial charge < -0.3 is 9.47 Å². The molecule has 1 saturated heterocycles. The molecule has 0 N–H and O–H groups in total. The van der Waals surface area contributed by atoms with Gasteiger partial charge in [-0.3, -0.25) is 9.69 Å². The molecule has 168 valence electrons. The molecule has 1 saturated carbocycles. The van der Waals surface area contributed by atoms with Crippen LogP contribution in [0.4, 0.5) is 0 Å².